The van der Waals surface area contributed by atoms with Crippen molar-refractivity contribution in [3.8, 4) is 5.75 Å². The summed E-state index contributed by atoms with van der Waals surface area (Å²) >= 11 is 0. The number of ether oxygens (including phenoxy) is 1. The number of carbonyl (C=O) groups excluding carboxylic acids is 2. The van der Waals surface area contributed by atoms with E-state index in [1.165, 1.54) is 5.56 Å². The monoisotopic (exact) mass is 405 g/mol. The Kier molecular flexibility index (Phi) is 4.36. The average Bonchev–Trinajstić information content (AvgIpc) is 3.28. The van der Waals surface area contributed by atoms with Crippen LogP contribution in [0.5, 0.6) is 5.75 Å². The summed E-state index contributed by atoms with van der Waals surface area (Å²) in [5.74, 6) is 0.278. The standard InChI is InChI=1S/C24H27N3O3/c1-26(2)24(18-8-4-3-5-9-18)13-11-23(12-14-24)16-27(22(29)25-23)19-10-6-7-17-15-20(28)30-21(17)19/h3-10H,11-16H2,1-2H3,(H,25,29). The zero-order valence-electron chi connectivity index (χ0n) is 17.5. The minimum Gasteiger partial charge on any atom is -0.424 e. The maximum atomic E-state index is 13.0. The molecule has 2 heterocycles. The van der Waals surface area contributed by atoms with Crippen molar-refractivity contribution in [1.82, 2.24) is 10.2 Å². The molecular formula is C24H27N3O3. The first-order valence-corrected chi connectivity index (χ1v) is 10.6. The lowest BCUT2D eigenvalue weighted by molar-refractivity contribution is -0.131. The van der Waals surface area contributed by atoms with Crippen molar-refractivity contribution in [3.63, 3.8) is 0 Å². The Labute approximate surface area is 176 Å². The number of rotatable bonds is 3. The molecule has 0 atom stereocenters. The predicted molar refractivity (Wildman–Crippen MR) is 115 cm³/mol. The van der Waals surface area contributed by atoms with Crippen LogP contribution in [-0.4, -0.2) is 43.1 Å². The van der Waals surface area contributed by atoms with Gasteiger partial charge in [-0.15, -0.1) is 0 Å². The van der Waals surface area contributed by atoms with E-state index in [2.05, 4.69) is 54.6 Å². The number of anilines is 1. The van der Waals surface area contributed by atoms with Crippen molar-refractivity contribution in [1.29, 1.82) is 0 Å². The molecule has 0 bridgehead atoms. The topological polar surface area (TPSA) is 61.9 Å². The molecule has 3 aliphatic rings. The van der Waals surface area contributed by atoms with Gasteiger partial charge in [-0.1, -0.05) is 42.5 Å². The Morgan fingerprint density at radius 3 is 2.40 bits per heavy atom. The minimum atomic E-state index is -0.261. The number of nitrogens with one attached hydrogen (secondary N) is 1. The molecule has 2 fully saturated rings. The molecule has 2 aromatic rings. The average molecular weight is 405 g/mol. The lowest BCUT2D eigenvalue weighted by Crippen LogP contribution is -2.54. The second-order valence-electron chi connectivity index (χ2n) is 9.00. The third kappa shape index (κ3) is 2.89. The molecule has 1 saturated heterocycles. The third-order valence-electron chi connectivity index (χ3n) is 7.20. The summed E-state index contributed by atoms with van der Waals surface area (Å²) in [6.07, 6.45) is 4.01. The zero-order valence-corrected chi connectivity index (χ0v) is 17.5. The van der Waals surface area contributed by atoms with E-state index in [1.807, 2.05) is 18.2 Å². The highest BCUT2D eigenvalue weighted by molar-refractivity contribution is 5.98. The molecule has 1 saturated carbocycles. The van der Waals surface area contributed by atoms with Crippen molar-refractivity contribution in [2.75, 3.05) is 25.5 Å². The molecule has 30 heavy (non-hydrogen) atoms. The molecule has 0 unspecified atom stereocenters. The largest absolute Gasteiger partial charge is 0.424 e. The van der Waals surface area contributed by atoms with E-state index in [-0.39, 0.29) is 29.5 Å². The van der Waals surface area contributed by atoms with Crippen LogP contribution in [0.1, 0.15) is 36.8 Å². The number of para-hydroxylation sites is 1. The van der Waals surface area contributed by atoms with E-state index < -0.39 is 0 Å². The summed E-state index contributed by atoms with van der Waals surface area (Å²) in [7, 11) is 4.29. The van der Waals surface area contributed by atoms with Gasteiger partial charge < -0.3 is 10.1 Å². The van der Waals surface area contributed by atoms with E-state index in [0.29, 0.717) is 18.0 Å². The molecule has 1 N–H and O–H groups in total. The van der Waals surface area contributed by atoms with Crippen molar-refractivity contribution in [2.45, 2.75) is 43.2 Å². The second kappa shape index (κ2) is 6.84. The molecule has 2 aliphatic heterocycles. The Morgan fingerprint density at radius 1 is 0.967 bits per heavy atom. The van der Waals surface area contributed by atoms with Crippen LogP contribution in [0.25, 0.3) is 0 Å². The van der Waals surface area contributed by atoms with E-state index >= 15 is 0 Å². The fourth-order valence-corrected chi connectivity index (χ4v) is 5.42. The number of fused-ring (bicyclic) bond motifs is 1. The van der Waals surface area contributed by atoms with Crippen LogP contribution in [0, 0.1) is 0 Å². The van der Waals surface area contributed by atoms with Crippen LogP contribution in [-0.2, 0) is 16.8 Å². The highest BCUT2D eigenvalue weighted by Gasteiger charge is 2.50. The summed E-state index contributed by atoms with van der Waals surface area (Å²) in [5.41, 5.74) is 2.61. The normalized spacial score (nSPS) is 28.0. The van der Waals surface area contributed by atoms with Gasteiger partial charge in [-0.3, -0.25) is 14.6 Å². The van der Waals surface area contributed by atoms with E-state index in [1.54, 1.807) is 4.90 Å². The van der Waals surface area contributed by atoms with Crippen LogP contribution in [0.4, 0.5) is 10.5 Å². The molecule has 1 spiro atoms. The SMILES string of the molecule is CN(C)C1(c2ccccc2)CCC2(CC1)CN(c1cccc3c1OC(=O)C3)C(=O)N2. The van der Waals surface area contributed by atoms with Gasteiger partial charge in [0.2, 0.25) is 0 Å². The Balaban J connectivity index is 1.40. The highest BCUT2D eigenvalue weighted by Crippen LogP contribution is 2.47. The van der Waals surface area contributed by atoms with E-state index in [9.17, 15) is 9.59 Å². The number of nitrogens with zero attached hydrogens (tertiary/aromatic N) is 2. The molecule has 0 radical (unpaired) electrons. The smallest absolute Gasteiger partial charge is 0.322 e. The molecule has 5 rings (SSSR count). The molecule has 6 heteroatoms. The van der Waals surface area contributed by atoms with Crippen molar-refractivity contribution >= 4 is 17.7 Å². The first-order valence-electron chi connectivity index (χ1n) is 10.6. The Bertz CT molecular complexity index is 994. The summed E-state index contributed by atoms with van der Waals surface area (Å²) in [4.78, 5) is 28.8. The lowest BCUT2D eigenvalue weighted by Gasteiger charge is -2.48. The number of amides is 2. The number of urea groups is 1. The van der Waals surface area contributed by atoms with Gasteiger partial charge in [-0.2, -0.15) is 0 Å². The molecule has 6 nitrogen and oxygen atoms in total. The fourth-order valence-electron chi connectivity index (χ4n) is 5.42. The summed E-state index contributed by atoms with van der Waals surface area (Å²) in [6.45, 7) is 0.595. The third-order valence-corrected chi connectivity index (χ3v) is 7.20. The van der Waals surface area contributed by atoms with Gasteiger partial charge in [0, 0.05) is 11.1 Å². The van der Waals surface area contributed by atoms with Crippen LogP contribution in [0.2, 0.25) is 0 Å². The van der Waals surface area contributed by atoms with Crippen molar-refractivity contribution in [2.24, 2.45) is 0 Å². The van der Waals surface area contributed by atoms with Gasteiger partial charge in [-0.05, 0) is 51.4 Å². The first kappa shape index (κ1) is 19.1. The molecule has 1 aliphatic carbocycles. The highest BCUT2D eigenvalue weighted by atomic mass is 16.5. The van der Waals surface area contributed by atoms with Gasteiger partial charge in [0.1, 0.15) is 0 Å². The Morgan fingerprint density at radius 2 is 1.70 bits per heavy atom. The quantitative estimate of drug-likeness (QED) is 0.628. The molecular weight excluding hydrogens is 378 g/mol. The van der Waals surface area contributed by atoms with Crippen LogP contribution in [0.15, 0.2) is 48.5 Å². The lowest BCUT2D eigenvalue weighted by atomic mass is 9.69. The summed E-state index contributed by atoms with van der Waals surface area (Å²) in [6, 6.07) is 16.2. The molecule has 0 aromatic heterocycles. The maximum Gasteiger partial charge on any atom is 0.322 e. The van der Waals surface area contributed by atoms with Crippen LogP contribution < -0.4 is 15.0 Å². The second-order valence-corrected chi connectivity index (χ2v) is 9.00. The fraction of sp³-hybridized carbons (Fsp3) is 0.417. The summed E-state index contributed by atoms with van der Waals surface area (Å²) in [5, 5.41) is 3.28. The van der Waals surface area contributed by atoms with Gasteiger partial charge in [0.15, 0.2) is 5.75 Å². The van der Waals surface area contributed by atoms with E-state index in [0.717, 1.165) is 31.2 Å². The van der Waals surface area contributed by atoms with Gasteiger partial charge in [0.25, 0.3) is 0 Å². The number of benzene rings is 2. The predicted octanol–water partition coefficient (Wildman–Crippen LogP) is 3.45. The van der Waals surface area contributed by atoms with Gasteiger partial charge >= 0.3 is 12.0 Å². The van der Waals surface area contributed by atoms with Crippen molar-refractivity contribution in [3.05, 3.63) is 59.7 Å². The summed E-state index contributed by atoms with van der Waals surface area (Å²) < 4.78 is 5.43. The maximum absolute atomic E-state index is 13.0. The molecule has 2 aromatic carbocycles. The van der Waals surface area contributed by atoms with Crippen molar-refractivity contribution < 1.29 is 14.3 Å². The number of esters is 1. The van der Waals surface area contributed by atoms with Crippen LogP contribution >= 0.6 is 0 Å². The van der Waals surface area contributed by atoms with Gasteiger partial charge in [-0.25, -0.2) is 4.79 Å². The number of hydrogen-bond donors (Lipinski definition) is 1. The first-order chi connectivity index (χ1) is 14.4. The minimum absolute atomic E-state index is 0.0197. The molecule has 2 amide bonds. The van der Waals surface area contributed by atoms with Crippen LogP contribution in [0.3, 0.4) is 0 Å². The molecule has 156 valence electrons. The van der Waals surface area contributed by atoms with E-state index in [4.69, 9.17) is 4.74 Å². The zero-order chi connectivity index (χ0) is 20.9. The van der Waals surface area contributed by atoms with Gasteiger partial charge in [0.05, 0.1) is 24.2 Å². The number of carbonyl (C=O) groups is 2. The Hall–Kier alpha value is -2.86. The number of hydrogen-bond acceptors (Lipinski definition) is 4.